The molecule has 1 rings (SSSR count). The van der Waals surface area contributed by atoms with Gasteiger partial charge < -0.3 is 15.0 Å². The van der Waals surface area contributed by atoms with Gasteiger partial charge in [-0.05, 0) is 32.7 Å². The highest BCUT2D eigenvalue weighted by Gasteiger charge is 2.26. The fourth-order valence-electron chi connectivity index (χ4n) is 2.61. The molecule has 1 saturated heterocycles. The maximum atomic E-state index is 12.2. The Bertz CT molecular complexity index is 277. The second-order valence-electron chi connectivity index (χ2n) is 5.16. The van der Waals surface area contributed by atoms with Gasteiger partial charge in [0.05, 0.1) is 13.2 Å². The number of carbonyl (C=O) groups is 1. The maximum absolute atomic E-state index is 12.2. The molecule has 1 aliphatic heterocycles. The van der Waals surface area contributed by atoms with Crippen LogP contribution >= 0.6 is 0 Å². The summed E-state index contributed by atoms with van der Waals surface area (Å²) in [6.45, 7) is 3.62. The lowest BCUT2D eigenvalue weighted by atomic mass is 9.90. The summed E-state index contributed by atoms with van der Waals surface area (Å²) in [5, 5.41) is 2.89. The molecule has 1 aliphatic rings. The van der Waals surface area contributed by atoms with Gasteiger partial charge in [-0.3, -0.25) is 4.79 Å². The average molecular weight is 278 g/mol. The van der Waals surface area contributed by atoms with Crippen LogP contribution in [0, 0.1) is 5.92 Å². The van der Waals surface area contributed by atoms with Crippen LogP contribution in [0.5, 0.6) is 0 Å². The second-order valence-corrected chi connectivity index (χ2v) is 5.16. The van der Waals surface area contributed by atoms with Crippen molar-refractivity contribution in [2.75, 3.05) is 33.3 Å². The zero-order chi connectivity index (χ0) is 14.3. The van der Waals surface area contributed by atoms with Crippen molar-refractivity contribution in [3.05, 3.63) is 0 Å². The number of piperidine rings is 1. The van der Waals surface area contributed by atoms with E-state index in [1.54, 1.807) is 6.92 Å². The Labute approximate surface area is 113 Å². The second kappa shape index (κ2) is 8.43. The van der Waals surface area contributed by atoms with Crippen molar-refractivity contribution in [2.24, 2.45) is 5.92 Å². The van der Waals surface area contributed by atoms with Crippen molar-refractivity contribution in [2.45, 2.75) is 38.7 Å². The number of likely N-dealkylation sites (tertiary alicyclic amines) is 1. The minimum Gasteiger partial charge on any atom is -0.466 e. The van der Waals surface area contributed by atoms with E-state index in [-0.39, 0.29) is 18.6 Å². The van der Waals surface area contributed by atoms with Crippen LogP contribution in [0.1, 0.15) is 26.2 Å². The van der Waals surface area contributed by atoms with E-state index in [1.807, 2.05) is 7.05 Å². The SMILES string of the molecule is CCOC(=O)CCC1CC(NCC(F)F)CN(C)C1. The minimum absolute atomic E-state index is 0.0833. The van der Waals surface area contributed by atoms with E-state index < -0.39 is 6.43 Å². The predicted octanol–water partition coefficient (Wildman–Crippen LogP) is 1.50. The molecule has 2 unspecified atom stereocenters. The lowest BCUT2D eigenvalue weighted by molar-refractivity contribution is -0.143. The maximum Gasteiger partial charge on any atom is 0.305 e. The van der Waals surface area contributed by atoms with Crippen LogP contribution in [0.25, 0.3) is 0 Å². The molecule has 1 N–H and O–H groups in total. The fourth-order valence-corrected chi connectivity index (χ4v) is 2.61. The van der Waals surface area contributed by atoms with Crippen LogP contribution in [0.4, 0.5) is 8.78 Å². The molecule has 19 heavy (non-hydrogen) atoms. The molecule has 0 aliphatic carbocycles. The van der Waals surface area contributed by atoms with E-state index in [0.717, 1.165) is 25.9 Å². The third-order valence-corrected chi connectivity index (χ3v) is 3.34. The highest BCUT2D eigenvalue weighted by atomic mass is 19.3. The zero-order valence-electron chi connectivity index (χ0n) is 11.7. The van der Waals surface area contributed by atoms with Gasteiger partial charge in [-0.15, -0.1) is 0 Å². The normalized spacial score (nSPS) is 24.7. The third-order valence-electron chi connectivity index (χ3n) is 3.34. The number of halogens is 2. The standard InChI is InChI=1S/C13H24F2N2O2/c1-3-19-13(18)5-4-10-6-11(9-17(2)8-10)16-7-12(14)15/h10-12,16H,3-9H2,1-2H3. The first-order chi connectivity index (χ1) is 9.01. The summed E-state index contributed by atoms with van der Waals surface area (Å²) in [6, 6.07) is 0.0833. The smallest absolute Gasteiger partial charge is 0.305 e. The number of ether oxygens (including phenoxy) is 1. The van der Waals surface area contributed by atoms with E-state index in [1.165, 1.54) is 0 Å². The number of nitrogens with one attached hydrogen (secondary N) is 1. The molecular formula is C13H24F2N2O2. The number of hydrogen-bond donors (Lipinski definition) is 1. The van der Waals surface area contributed by atoms with Crippen LogP contribution in [-0.2, 0) is 9.53 Å². The highest BCUT2D eigenvalue weighted by molar-refractivity contribution is 5.69. The summed E-state index contributed by atoms with van der Waals surface area (Å²) in [5.41, 5.74) is 0. The quantitative estimate of drug-likeness (QED) is 0.717. The lowest BCUT2D eigenvalue weighted by Crippen LogP contribution is -2.48. The fraction of sp³-hybridized carbons (Fsp3) is 0.923. The first kappa shape index (κ1) is 16.3. The third kappa shape index (κ3) is 6.82. The minimum atomic E-state index is -2.31. The molecule has 1 heterocycles. The number of likely N-dealkylation sites (N-methyl/N-ethyl adjacent to an activating group) is 1. The Morgan fingerprint density at radius 2 is 2.21 bits per heavy atom. The Morgan fingerprint density at radius 1 is 1.47 bits per heavy atom. The van der Waals surface area contributed by atoms with E-state index in [4.69, 9.17) is 4.74 Å². The number of nitrogens with zero attached hydrogens (tertiary/aromatic N) is 1. The first-order valence-corrected chi connectivity index (χ1v) is 6.87. The molecule has 0 radical (unpaired) electrons. The monoisotopic (exact) mass is 278 g/mol. The molecule has 0 saturated carbocycles. The summed E-state index contributed by atoms with van der Waals surface area (Å²) in [6.07, 6.45) is -0.300. The molecule has 0 bridgehead atoms. The van der Waals surface area contributed by atoms with Gasteiger partial charge in [0.1, 0.15) is 0 Å². The van der Waals surface area contributed by atoms with Crippen LogP contribution < -0.4 is 5.32 Å². The summed E-state index contributed by atoms with van der Waals surface area (Å²) in [5.74, 6) is 0.186. The molecule has 0 aromatic heterocycles. The van der Waals surface area contributed by atoms with Crippen molar-refractivity contribution in [1.29, 1.82) is 0 Å². The number of carbonyl (C=O) groups excluding carboxylic acids is 1. The molecule has 6 heteroatoms. The van der Waals surface area contributed by atoms with Crippen molar-refractivity contribution in [3.8, 4) is 0 Å². The largest absolute Gasteiger partial charge is 0.466 e. The molecule has 2 atom stereocenters. The average Bonchev–Trinajstić information content (AvgIpc) is 2.34. The van der Waals surface area contributed by atoms with Gasteiger partial charge in [-0.1, -0.05) is 0 Å². The molecule has 4 nitrogen and oxygen atoms in total. The summed E-state index contributed by atoms with van der Waals surface area (Å²) in [4.78, 5) is 13.4. The van der Waals surface area contributed by atoms with Gasteiger partial charge in [0.15, 0.2) is 0 Å². The van der Waals surface area contributed by atoms with Crippen molar-refractivity contribution >= 4 is 5.97 Å². The zero-order valence-corrected chi connectivity index (χ0v) is 11.7. The number of hydrogen-bond acceptors (Lipinski definition) is 4. The van der Waals surface area contributed by atoms with E-state index in [9.17, 15) is 13.6 Å². The number of esters is 1. The molecule has 0 aromatic carbocycles. The lowest BCUT2D eigenvalue weighted by Gasteiger charge is -2.36. The van der Waals surface area contributed by atoms with Gasteiger partial charge in [-0.2, -0.15) is 0 Å². The van der Waals surface area contributed by atoms with Gasteiger partial charge in [0, 0.05) is 25.6 Å². The van der Waals surface area contributed by atoms with Crippen LogP contribution in [-0.4, -0.2) is 56.6 Å². The van der Waals surface area contributed by atoms with E-state index in [0.29, 0.717) is 18.9 Å². The Morgan fingerprint density at radius 3 is 2.84 bits per heavy atom. The van der Waals surface area contributed by atoms with Crippen LogP contribution in [0.3, 0.4) is 0 Å². The van der Waals surface area contributed by atoms with Crippen molar-refractivity contribution in [1.82, 2.24) is 10.2 Å². The Hall–Kier alpha value is -0.750. The molecule has 1 fully saturated rings. The van der Waals surface area contributed by atoms with Crippen molar-refractivity contribution < 1.29 is 18.3 Å². The molecule has 0 amide bonds. The molecular weight excluding hydrogens is 254 g/mol. The van der Waals surface area contributed by atoms with Gasteiger partial charge in [-0.25, -0.2) is 8.78 Å². The van der Waals surface area contributed by atoms with Crippen molar-refractivity contribution in [3.63, 3.8) is 0 Å². The predicted molar refractivity (Wildman–Crippen MR) is 69.3 cm³/mol. The van der Waals surface area contributed by atoms with E-state index in [2.05, 4.69) is 10.2 Å². The summed E-state index contributed by atoms with van der Waals surface area (Å²) in [7, 11) is 1.98. The summed E-state index contributed by atoms with van der Waals surface area (Å²) < 4.78 is 29.3. The summed E-state index contributed by atoms with van der Waals surface area (Å²) >= 11 is 0. The number of rotatable bonds is 7. The first-order valence-electron chi connectivity index (χ1n) is 6.87. The Kier molecular flexibility index (Phi) is 7.23. The topological polar surface area (TPSA) is 41.6 Å². The highest BCUT2D eigenvalue weighted by Crippen LogP contribution is 2.21. The number of alkyl halides is 2. The van der Waals surface area contributed by atoms with Gasteiger partial charge in [0.25, 0.3) is 6.43 Å². The molecule has 112 valence electrons. The van der Waals surface area contributed by atoms with Crippen LogP contribution in [0.2, 0.25) is 0 Å². The van der Waals surface area contributed by atoms with Gasteiger partial charge >= 0.3 is 5.97 Å². The van der Waals surface area contributed by atoms with Crippen LogP contribution in [0.15, 0.2) is 0 Å². The van der Waals surface area contributed by atoms with Gasteiger partial charge in [0.2, 0.25) is 0 Å². The molecule has 0 spiro atoms. The molecule has 0 aromatic rings. The van der Waals surface area contributed by atoms with E-state index >= 15 is 0 Å². The Balaban J connectivity index is 2.31.